The molecule has 6 heteroatoms. The highest BCUT2D eigenvalue weighted by Gasteiger charge is 2.06. The van der Waals surface area contributed by atoms with Gasteiger partial charge in [-0.25, -0.2) is 0 Å². The van der Waals surface area contributed by atoms with E-state index in [0.29, 0.717) is 23.0 Å². The molecule has 0 radical (unpaired) electrons. The summed E-state index contributed by atoms with van der Waals surface area (Å²) in [6.45, 7) is 0. The number of phenolic OH excluding ortho intramolecular Hbond substituents is 2. The third-order valence-electron chi connectivity index (χ3n) is 4.47. The average Bonchev–Trinajstić information content (AvgIpc) is 2.74. The van der Waals surface area contributed by atoms with Crippen molar-refractivity contribution >= 4 is 11.4 Å². The van der Waals surface area contributed by atoms with Crippen LogP contribution >= 0.6 is 0 Å². The molecule has 30 heavy (non-hydrogen) atoms. The number of nitrogen functional groups attached to an aromatic ring is 2. The fraction of sp³-hybridized carbons (Fsp3) is 0. The summed E-state index contributed by atoms with van der Waals surface area (Å²) in [6, 6.07) is 24.6. The van der Waals surface area contributed by atoms with Crippen molar-refractivity contribution in [3.05, 3.63) is 84.9 Å². The fourth-order valence-electron chi connectivity index (χ4n) is 2.94. The Morgan fingerprint density at radius 1 is 0.500 bits per heavy atom. The molecule has 0 bridgehead atoms. The molecule has 0 spiro atoms. The highest BCUT2D eigenvalue weighted by atomic mass is 16.5. The molecule has 0 saturated heterocycles. The van der Waals surface area contributed by atoms with Crippen LogP contribution in [0.3, 0.4) is 0 Å². The van der Waals surface area contributed by atoms with Crippen molar-refractivity contribution in [2.24, 2.45) is 0 Å². The second-order valence-electron chi connectivity index (χ2n) is 6.70. The molecule has 0 aliphatic heterocycles. The average molecular weight is 400 g/mol. The van der Waals surface area contributed by atoms with E-state index in [1.54, 1.807) is 24.3 Å². The number of phenols is 2. The molecule has 0 atom stereocenters. The van der Waals surface area contributed by atoms with Crippen LogP contribution in [0.25, 0.3) is 11.1 Å². The van der Waals surface area contributed by atoms with Crippen molar-refractivity contribution in [2.75, 3.05) is 11.5 Å². The topological polar surface area (TPSA) is 111 Å². The van der Waals surface area contributed by atoms with Crippen LogP contribution in [0.4, 0.5) is 11.4 Å². The monoisotopic (exact) mass is 400 g/mol. The van der Waals surface area contributed by atoms with E-state index in [9.17, 15) is 10.2 Å². The van der Waals surface area contributed by atoms with Crippen LogP contribution < -0.4 is 20.9 Å². The van der Waals surface area contributed by atoms with Crippen molar-refractivity contribution in [3.63, 3.8) is 0 Å². The zero-order chi connectivity index (χ0) is 21.1. The maximum atomic E-state index is 9.55. The number of benzene rings is 4. The Balaban J connectivity index is 1.56. The van der Waals surface area contributed by atoms with Gasteiger partial charge in [0.25, 0.3) is 0 Å². The Morgan fingerprint density at radius 3 is 1.30 bits per heavy atom. The van der Waals surface area contributed by atoms with E-state index in [0.717, 1.165) is 11.1 Å². The maximum Gasteiger partial charge on any atom is 0.138 e. The van der Waals surface area contributed by atoms with Gasteiger partial charge in [-0.1, -0.05) is 24.3 Å². The molecular weight excluding hydrogens is 380 g/mol. The van der Waals surface area contributed by atoms with Gasteiger partial charge in [-0.05, 0) is 59.7 Å². The van der Waals surface area contributed by atoms with Gasteiger partial charge in [-0.3, -0.25) is 0 Å². The van der Waals surface area contributed by atoms with E-state index in [2.05, 4.69) is 0 Å². The summed E-state index contributed by atoms with van der Waals surface area (Å²) in [7, 11) is 0. The third-order valence-corrected chi connectivity index (χ3v) is 4.47. The zero-order valence-corrected chi connectivity index (χ0v) is 15.9. The number of aromatic hydroxyl groups is 2. The molecular formula is C24H20N2O4. The largest absolute Gasteiger partial charge is 0.506 e. The maximum absolute atomic E-state index is 9.55. The summed E-state index contributed by atoms with van der Waals surface area (Å²) >= 11 is 0. The number of rotatable bonds is 5. The van der Waals surface area contributed by atoms with Gasteiger partial charge >= 0.3 is 0 Å². The molecule has 150 valence electrons. The summed E-state index contributed by atoms with van der Waals surface area (Å²) in [5.74, 6) is 2.37. The standard InChI is InChI=1S/C24H20N2O4/c25-21-13-19(7-9-23(21)27)29-17-5-1-3-15(11-17)16-4-2-6-18(12-16)30-20-8-10-24(28)22(26)14-20/h1-14,27-28H,25-26H2. The predicted molar refractivity (Wildman–Crippen MR) is 117 cm³/mol. The quantitative estimate of drug-likeness (QED) is 0.259. The van der Waals surface area contributed by atoms with E-state index in [1.807, 2.05) is 48.5 Å². The second-order valence-corrected chi connectivity index (χ2v) is 6.70. The van der Waals surface area contributed by atoms with Crippen molar-refractivity contribution < 1.29 is 19.7 Å². The van der Waals surface area contributed by atoms with Crippen LogP contribution in [0, 0.1) is 0 Å². The van der Waals surface area contributed by atoms with Gasteiger partial charge in [0.05, 0.1) is 11.4 Å². The molecule has 4 aromatic carbocycles. The summed E-state index contributed by atoms with van der Waals surface area (Å²) in [6.07, 6.45) is 0. The summed E-state index contributed by atoms with van der Waals surface area (Å²) in [5, 5.41) is 19.1. The fourth-order valence-corrected chi connectivity index (χ4v) is 2.94. The van der Waals surface area contributed by atoms with Crippen molar-refractivity contribution in [3.8, 4) is 45.6 Å². The van der Waals surface area contributed by atoms with Crippen molar-refractivity contribution in [2.45, 2.75) is 0 Å². The van der Waals surface area contributed by atoms with Crippen LogP contribution in [0.1, 0.15) is 0 Å². The van der Waals surface area contributed by atoms with Crippen molar-refractivity contribution in [1.29, 1.82) is 0 Å². The SMILES string of the molecule is Nc1cc(Oc2cccc(-c3cccc(Oc4ccc(O)c(N)c4)c3)c2)ccc1O. The minimum atomic E-state index is 0.0169. The molecule has 6 N–H and O–H groups in total. The predicted octanol–water partition coefficient (Wildman–Crippen LogP) is 5.51. The van der Waals surface area contributed by atoms with Gasteiger partial charge in [0, 0.05) is 12.1 Å². The van der Waals surface area contributed by atoms with Gasteiger partial charge in [-0.15, -0.1) is 0 Å². The Morgan fingerprint density at radius 2 is 0.900 bits per heavy atom. The molecule has 0 amide bonds. The molecule has 6 nitrogen and oxygen atoms in total. The van der Waals surface area contributed by atoms with Crippen LogP contribution in [0.2, 0.25) is 0 Å². The second kappa shape index (κ2) is 7.97. The van der Waals surface area contributed by atoms with Gasteiger partial charge in [-0.2, -0.15) is 0 Å². The lowest BCUT2D eigenvalue weighted by molar-refractivity contribution is 0.466. The van der Waals surface area contributed by atoms with Crippen LogP contribution in [-0.4, -0.2) is 10.2 Å². The number of nitrogens with two attached hydrogens (primary N) is 2. The van der Waals surface area contributed by atoms with E-state index in [-0.39, 0.29) is 22.9 Å². The molecule has 0 aliphatic rings. The number of anilines is 2. The molecule has 0 heterocycles. The third kappa shape index (κ3) is 4.23. The first-order valence-corrected chi connectivity index (χ1v) is 9.21. The van der Waals surface area contributed by atoms with Gasteiger partial charge in [0.2, 0.25) is 0 Å². The summed E-state index contributed by atoms with van der Waals surface area (Å²) in [4.78, 5) is 0. The van der Waals surface area contributed by atoms with E-state index >= 15 is 0 Å². The van der Waals surface area contributed by atoms with Crippen LogP contribution in [0.5, 0.6) is 34.5 Å². The van der Waals surface area contributed by atoms with E-state index in [1.165, 1.54) is 12.1 Å². The number of hydrogen-bond donors (Lipinski definition) is 4. The van der Waals surface area contributed by atoms with Crippen LogP contribution in [-0.2, 0) is 0 Å². The molecule has 0 fully saturated rings. The smallest absolute Gasteiger partial charge is 0.138 e. The minimum Gasteiger partial charge on any atom is -0.506 e. The first-order valence-electron chi connectivity index (χ1n) is 9.21. The molecule has 0 unspecified atom stereocenters. The van der Waals surface area contributed by atoms with Crippen LogP contribution in [0.15, 0.2) is 84.9 Å². The van der Waals surface area contributed by atoms with E-state index in [4.69, 9.17) is 20.9 Å². The molecule has 0 saturated carbocycles. The number of ether oxygens (including phenoxy) is 2. The molecule has 4 rings (SSSR count). The Kier molecular flexibility index (Phi) is 5.05. The molecule has 4 aromatic rings. The molecule has 0 aromatic heterocycles. The summed E-state index contributed by atoms with van der Waals surface area (Å²) in [5.41, 5.74) is 13.8. The van der Waals surface area contributed by atoms with E-state index < -0.39 is 0 Å². The minimum absolute atomic E-state index is 0.0169. The van der Waals surface area contributed by atoms with Gasteiger partial charge in [0.15, 0.2) is 0 Å². The van der Waals surface area contributed by atoms with Crippen molar-refractivity contribution in [1.82, 2.24) is 0 Å². The molecule has 0 aliphatic carbocycles. The lowest BCUT2D eigenvalue weighted by Gasteiger charge is -2.11. The summed E-state index contributed by atoms with van der Waals surface area (Å²) < 4.78 is 11.7. The highest BCUT2D eigenvalue weighted by Crippen LogP contribution is 2.33. The lowest BCUT2D eigenvalue weighted by Crippen LogP contribution is -1.90. The van der Waals surface area contributed by atoms with Gasteiger partial charge in [0.1, 0.15) is 34.5 Å². The first kappa shape index (κ1) is 19.0. The highest BCUT2D eigenvalue weighted by molar-refractivity contribution is 5.67. The Hall–Kier alpha value is -4.32. The Bertz CT molecular complexity index is 1110. The first-order chi connectivity index (χ1) is 14.5. The Labute approximate surface area is 173 Å². The zero-order valence-electron chi connectivity index (χ0n) is 15.9. The van der Waals surface area contributed by atoms with Gasteiger partial charge < -0.3 is 31.2 Å². The lowest BCUT2D eigenvalue weighted by atomic mass is 10.1. The number of hydrogen-bond acceptors (Lipinski definition) is 6. The normalized spacial score (nSPS) is 10.5.